The number of nitrogens with zero attached hydrogens (tertiary/aromatic N) is 1. The average molecular weight is 371 g/mol. The molecular weight excluding hydrogens is 346 g/mol. The lowest BCUT2D eigenvalue weighted by molar-refractivity contribution is -0.123. The lowest BCUT2D eigenvalue weighted by Gasteiger charge is -2.25. The Labute approximate surface area is 158 Å². The Morgan fingerprint density at radius 1 is 1.07 bits per heavy atom. The molecule has 0 spiro atoms. The number of nitrogens with one attached hydrogen (secondary N) is 2. The fourth-order valence-electron chi connectivity index (χ4n) is 2.44. The van der Waals surface area contributed by atoms with Crippen LogP contribution in [0.5, 0.6) is 0 Å². The number of hydrogen-bond acceptors (Lipinski definition) is 4. The highest BCUT2D eigenvalue weighted by Gasteiger charge is 2.20. The summed E-state index contributed by atoms with van der Waals surface area (Å²) in [5.74, 6) is -0.615. The monoisotopic (exact) mass is 371 g/mol. The van der Waals surface area contributed by atoms with Crippen molar-refractivity contribution in [3.63, 3.8) is 0 Å². The molecule has 0 saturated carbocycles. The summed E-state index contributed by atoms with van der Waals surface area (Å²) in [6.45, 7) is 7.88. The third-order valence-corrected chi connectivity index (χ3v) is 3.65. The Balaban J connectivity index is 2.00. The second-order valence-electron chi connectivity index (χ2n) is 7.13. The highest BCUT2D eigenvalue weighted by Crippen LogP contribution is 2.13. The fraction of sp³-hybridized carbons (Fsp3) is 0.350. The molecule has 0 aliphatic heterocycles. The molecule has 1 aromatic carbocycles. The highest BCUT2D eigenvalue weighted by atomic mass is 16.3. The molecule has 7 nitrogen and oxygen atoms in total. The number of carbonyl (C=O) groups excluding carboxylic acids is 3. The van der Waals surface area contributed by atoms with Gasteiger partial charge in [-0.25, -0.2) is 0 Å². The number of furan rings is 1. The Kier molecular flexibility index (Phi) is 6.39. The van der Waals surface area contributed by atoms with Crippen LogP contribution in [0.2, 0.25) is 0 Å². The van der Waals surface area contributed by atoms with Gasteiger partial charge in [-0.3, -0.25) is 14.4 Å². The Morgan fingerprint density at radius 2 is 1.74 bits per heavy atom. The first-order valence-electron chi connectivity index (χ1n) is 8.75. The summed E-state index contributed by atoms with van der Waals surface area (Å²) in [5.41, 5.74) is 0.630. The summed E-state index contributed by atoms with van der Waals surface area (Å²) in [5, 5.41) is 5.54. The molecular formula is C20H25N3O4. The molecule has 0 bridgehead atoms. The van der Waals surface area contributed by atoms with Gasteiger partial charge in [0.05, 0.1) is 12.8 Å². The van der Waals surface area contributed by atoms with E-state index in [9.17, 15) is 14.4 Å². The highest BCUT2D eigenvalue weighted by molar-refractivity contribution is 6.02. The van der Waals surface area contributed by atoms with E-state index < -0.39 is 0 Å². The minimum absolute atomic E-state index is 0.0103. The third-order valence-electron chi connectivity index (χ3n) is 3.65. The summed E-state index contributed by atoms with van der Waals surface area (Å²) in [6, 6.07) is 9.70. The van der Waals surface area contributed by atoms with Crippen molar-refractivity contribution in [1.29, 1.82) is 0 Å². The van der Waals surface area contributed by atoms with E-state index >= 15 is 0 Å². The van der Waals surface area contributed by atoms with Crippen LogP contribution in [-0.2, 0) is 4.79 Å². The number of hydrogen-bond donors (Lipinski definition) is 2. The zero-order chi connectivity index (χ0) is 20.0. The van der Waals surface area contributed by atoms with Gasteiger partial charge in [0.1, 0.15) is 0 Å². The lowest BCUT2D eigenvalue weighted by atomic mass is 10.1. The smallest absolute Gasteiger partial charge is 0.291 e. The van der Waals surface area contributed by atoms with Crippen molar-refractivity contribution in [3.05, 3.63) is 54.0 Å². The first-order valence-corrected chi connectivity index (χ1v) is 8.75. The standard InChI is InChI=1S/C20H25N3O4/c1-5-23(13-17(24)22-20(2,3)4)19(26)14-8-10-15(11-9-14)21-18(25)16-7-6-12-27-16/h6-12H,5,13H2,1-4H3,(H,21,25)(H,22,24). The molecule has 0 unspecified atom stereocenters. The van der Waals surface area contributed by atoms with E-state index in [1.54, 1.807) is 36.4 Å². The van der Waals surface area contributed by atoms with Gasteiger partial charge in [-0.05, 0) is 64.1 Å². The zero-order valence-electron chi connectivity index (χ0n) is 16.0. The molecule has 1 aromatic heterocycles. The van der Waals surface area contributed by atoms with Crippen LogP contribution in [0.3, 0.4) is 0 Å². The summed E-state index contributed by atoms with van der Waals surface area (Å²) < 4.78 is 5.04. The summed E-state index contributed by atoms with van der Waals surface area (Å²) >= 11 is 0. The number of rotatable bonds is 6. The van der Waals surface area contributed by atoms with Gasteiger partial charge in [0.2, 0.25) is 5.91 Å². The van der Waals surface area contributed by atoms with Crippen molar-refractivity contribution in [3.8, 4) is 0 Å². The van der Waals surface area contributed by atoms with E-state index in [-0.39, 0.29) is 35.6 Å². The second kappa shape index (κ2) is 8.53. The van der Waals surface area contributed by atoms with Crippen molar-refractivity contribution in [2.45, 2.75) is 33.2 Å². The van der Waals surface area contributed by atoms with Crippen molar-refractivity contribution >= 4 is 23.4 Å². The molecule has 0 aliphatic carbocycles. The van der Waals surface area contributed by atoms with Crippen LogP contribution in [0.4, 0.5) is 5.69 Å². The maximum absolute atomic E-state index is 12.6. The lowest BCUT2D eigenvalue weighted by Crippen LogP contribution is -2.47. The zero-order valence-corrected chi connectivity index (χ0v) is 16.0. The Morgan fingerprint density at radius 3 is 2.26 bits per heavy atom. The number of carbonyl (C=O) groups is 3. The fourth-order valence-corrected chi connectivity index (χ4v) is 2.44. The molecule has 0 radical (unpaired) electrons. The van der Waals surface area contributed by atoms with Crippen LogP contribution in [0.1, 0.15) is 48.6 Å². The van der Waals surface area contributed by atoms with Crippen molar-refractivity contribution < 1.29 is 18.8 Å². The summed E-state index contributed by atoms with van der Waals surface area (Å²) in [7, 11) is 0. The molecule has 2 rings (SSSR count). The molecule has 3 amide bonds. The molecule has 2 N–H and O–H groups in total. The van der Waals surface area contributed by atoms with Gasteiger partial charge in [-0.1, -0.05) is 0 Å². The van der Waals surface area contributed by atoms with Gasteiger partial charge >= 0.3 is 0 Å². The van der Waals surface area contributed by atoms with Crippen molar-refractivity contribution in [1.82, 2.24) is 10.2 Å². The molecule has 7 heteroatoms. The van der Waals surface area contributed by atoms with Gasteiger partial charge < -0.3 is 20.0 Å². The van der Waals surface area contributed by atoms with Gasteiger partial charge in [0, 0.05) is 23.3 Å². The minimum atomic E-state index is -0.367. The van der Waals surface area contributed by atoms with Crippen molar-refractivity contribution in [2.75, 3.05) is 18.4 Å². The molecule has 0 saturated heterocycles. The molecule has 0 fully saturated rings. The molecule has 144 valence electrons. The van der Waals surface area contributed by atoms with Crippen LogP contribution >= 0.6 is 0 Å². The maximum Gasteiger partial charge on any atom is 0.291 e. The largest absolute Gasteiger partial charge is 0.459 e. The summed E-state index contributed by atoms with van der Waals surface area (Å²) in [4.78, 5) is 38.2. The van der Waals surface area contributed by atoms with Gasteiger partial charge in [-0.2, -0.15) is 0 Å². The number of likely N-dealkylation sites (N-methyl/N-ethyl adjacent to an activating group) is 1. The number of amides is 3. The first kappa shape index (κ1) is 20.2. The van der Waals surface area contributed by atoms with Gasteiger partial charge in [0.15, 0.2) is 5.76 Å². The van der Waals surface area contributed by atoms with E-state index in [0.717, 1.165) is 0 Å². The molecule has 0 aliphatic rings. The molecule has 2 aromatic rings. The first-order chi connectivity index (χ1) is 12.7. The summed E-state index contributed by atoms with van der Waals surface area (Å²) in [6.07, 6.45) is 1.42. The van der Waals surface area contributed by atoms with Crippen LogP contribution in [0.15, 0.2) is 47.1 Å². The molecule has 1 heterocycles. The molecule has 0 atom stereocenters. The van der Waals surface area contributed by atoms with Crippen LogP contribution in [-0.4, -0.2) is 41.2 Å². The van der Waals surface area contributed by atoms with E-state index in [1.165, 1.54) is 11.2 Å². The van der Waals surface area contributed by atoms with Crippen LogP contribution < -0.4 is 10.6 Å². The predicted octanol–water partition coefficient (Wildman–Crippen LogP) is 2.91. The van der Waals surface area contributed by atoms with Gasteiger partial charge in [-0.15, -0.1) is 0 Å². The number of anilines is 1. The maximum atomic E-state index is 12.6. The van der Waals surface area contributed by atoms with Crippen molar-refractivity contribution in [2.24, 2.45) is 0 Å². The van der Waals surface area contributed by atoms with E-state index in [0.29, 0.717) is 17.8 Å². The average Bonchev–Trinajstić information content (AvgIpc) is 3.13. The normalized spacial score (nSPS) is 11.0. The number of benzene rings is 1. The topological polar surface area (TPSA) is 91.7 Å². The minimum Gasteiger partial charge on any atom is -0.459 e. The molecule has 27 heavy (non-hydrogen) atoms. The van der Waals surface area contributed by atoms with Crippen LogP contribution in [0.25, 0.3) is 0 Å². The Bertz CT molecular complexity index is 790. The SMILES string of the molecule is CCN(CC(=O)NC(C)(C)C)C(=O)c1ccc(NC(=O)c2ccco2)cc1. The second-order valence-corrected chi connectivity index (χ2v) is 7.13. The van der Waals surface area contributed by atoms with E-state index in [4.69, 9.17) is 4.42 Å². The van der Waals surface area contributed by atoms with E-state index in [1.807, 2.05) is 27.7 Å². The predicted molar refractivity (Wildman–Crippen MR) is 103 cm³/mol. The quantitative estimate of drug-likeness (QED) is 0.817. The Hall–Kier alpha value is -3.09. The third kappa shape index (κ3) is 5.99. The van der Waals surface area contributed by atoms with Gasteiger partial charge in [0.25, 0.3) is 11.8 Å². The van der Waals surface area contributed by atoms with E-state index in [2.05, 4.69) is 10.6 Å². The van der Waals surface area contributed by atoms with Crippen LogP contribution in [0, 0.1) is 0 Å².